The van der Waals surface area contributed by atoms with E-state index in [1.165, 1.54) is 12.3 Å². The minimum atomic E-state index is -3.75. The number of sulfonamides is 1. The first-order valence-corrected chi connectivity index (χ1v) is 8.18. The van der Waals surface area contributed by atoms with Crippen molar-refractivity contribution >= 4 is 21.7 Å². The fourth-order valence-electron chi connectivity index (χ4n) is 1.74. The lowest BCUT2D eigenvalue weighted by Crippen LogP contribution is -2.32. The number of nitrogens with one attached hydrogen (secondary N) is 2. The molecule has 9 heteroatoms. The SMILES string of the molecule is O=C(NCCS(=O)(=O)Nc1ccccn1)c1c(F)cccc1F. The van der Waals surface area contributed by atoms with Crippen LogP contribution in [0.2, 0.25) is 0 Å². The van der Waals surface area contributed by atoms with Gasteiger partial charge in [-0.15, -0.1) is 0 Å². The van der Waals surface area contributed by atoms with Crippen LogP contribution in [0.4, 0.5) is 14.6 Å². The van der Waals surface area contributed by atoms with Crippen molar-refractivity contribution in [2.75, 3.05) is 17.0 Å². The van der Waals surface area contributed by atoms with Crippen LogP contribution in [-0.2, 0) is 10.0 Å². The average Bonchev–Trinajstić information content (AvgIpc) is 2.47. The van der Waals surface area contributed by atoms with E-state index in [-0.39, 0.29) is 12.4 Å². The minimum absolute atomic E-state index is 0.138. The molecule has 2 N–H and O–H groups in total. The second-order valence-electron chi connectivity index (χ2n) is 4.49. The zero-order valence-corrected chi connectivity index (χ0v) is 12.6. The summed E-state index contributed by atoms with van der Waals surface area (Å²) in [6, 6.07) is 7.71. The lowest BCUT2D eigenvalue weighted by molar-refractivity contribution is 0.0947. The number of hydrogen-bond acceptors (Lipinski definition) is 4. The minimum Gasteiger partial charge on any atom is -0.351 e. The van der Waals surface area contributed by atoms with Crippen LogP contribution in [0.1, 0.15) is 10.4 Å². The van der Waals surface area contributed by atoms with E-state index in [9.17, 15) is 22.0 Å². The summed E-state index contributed by atoms with van der Waals surface area (Å²) in [7, 11) is -3.75. The smallest absolute Gasteiger partial charge is 0.257 e. The molecule has 0 aliphatic rings. The van der Waals surface area contributed by atoms with E-state index >= 15 is 0 Å². The largest absolute Gasteiger partial charge is 0.351 e. The van der Waals surface area contributed by atoms with E-state index in [4.69, 9.17) is 0 Å². The van der Waals surface area contributed by atoms with Gasteiger partial charge in [-0.1, -0.05) is 12.1 Å². The number of rotatable bonds is 6. The van der Waals surface area contributed by atoms with Gasteiger partial charge in [0.1, 0.15) is 23.0 Å². The molecule has 1 aromatic heterocycles. The Morgan fingerprint density at radius 3 is 2.39 bits per heavy atom. The van der Waals surface area contributed by atoms with E-state index in [1.807, 2.05) is 0 Å². The second kappa shape index (κ2) is 7.14. The summed E-state index contributed by atoms with van der Waals surface area (Å²) in [5.74, 6) is -3.38. The highest BCUT2D eigenvalue weighted by Gasteiger charge is 2.18. The van der Waals surface area contributed by atoms with Crippen molar-refractivity contribution in [3.8, 4) is 0 Å². The molecule has 0 radical (unpaired) electrons. The Morgan fingerprint density at radius 2 is 1.78 bits per heavy atom. The van der Waals surface area contributed by atoms with Gasteiger partial charge in [-0.05, 0) is 24.3 Å². The van der Waals surface area contributed by atoms with Crippen molar-refractivity contribution in [1.82, 2.24) is 10.3 Å². The van der Waals surface area contributed by atoms with E-state index in [1.54, 1.807) is 12.1 Å². The van der Waals surface area contributed by atoms with Gasteiger partial charge in [0, 0.05) is 12.7 Å². The van der Waals surface area contributed by atoms with Crippen LogP contribution in [0.25, 0.3) is 0 Å². The van der Waals surface area contributed by atoms with Crippen LogP contribution in [0.5, 0.6) is 0 Å². The van der Waals surface area contributed by atoms with Gasteiger partial charge >= 0.3 is 0 Å². The summed E-state index contributed by atoms with van der Waals surface area (Å²) in [6.07, 6.45) is 1.42. The van der Waals surface area contributed by atoms with Gasteiger partial charge in [-0.3, -0.25) is 9.52 Å². The molecule has 122 valence electrons. The predicted molar refractivity (Wildman–Crippen MR) is 80.3 cm³/mol. The van der Waals surface area contributed by atoms with E-state index in [0.717, 1.165) is 18.2 Å². The lowest BCUT2D eigenvalue weighted by Gasteiger charge is -2.09. The molecule has 1 amide bonds. The van der Waals surface area contributed by atoms with Crippen molar-refractivity contribution < 1.29 is 22.0 Å². The molecule has 0 saturated carbocycles. The molecule has 0 bridgehead atoms. The van der Waals surface area contributed by atoms with Gasteiger partial charge < -0.3 is 5.32 Å². The third-order valence-corrected chi connectivity index (χ3v) is 4.03. The first-order chi connectivity index (χ1) is 10.9. The molecule has 0 saturated heterocycles. The van der Waals surface area contributed by atoms with Crippen LogP contribution in [0.3, 0.4) is 0 Å². The third kappa shape index (κ3) is 4.71. The second-order valence-corrected chi connectivity index (χ2v) is 6.33. The highest BCUT2D eigenvalue weighted by Crippen LogP contribution is 2.11. The monoisotopic (exact) mass is 341 g/mol. The number of carbonyl (C=O) groups excluding carboxylic acids is 1. The van der Waals surface area contributed by atoms with Crippen LogP contribution >= 0.6 is 0 Å². The van der Waals surface area contributed by atoms with Gasteiger partial charge in [0.05, 0.1) is 5.75 Å². The summed E-state index contributed by atoms with van der Waals surface area (Å²) in [5.41, 5.74) is -0.748. The first kappa shape index (κ1) is 16.8. The molecule has 0 unspecified atom stereocenters. The summed E-state index contributed by atoms with van der Waals surface area (Å²) in [6.45, 7) is -0.311. The molecule has 0 atom stereocenters. The van der Waals surface area contributed by atoms with Gasteiger partial charge in [0.2, 0.25) is 10.0 Å². The van der Waals surface area contributed by atoms with Crippen molar-refractivity contribution in [3.05, 3.63) is 59.8 Å². The van der Waals surface area contributed by atoms with Crippen molar-refractivity contribution in [2.24, 2.45) is 0 Å². The molecule has 2 aromatic rings. The number of aromatic nitrogens is 1. The summed E-state index contributed by atoms with van der Waals surface area (Å²) >= 11 is 0. The Labute approximate surface area is 131 Å². The van der Waals surface area contributed by atoms with E-state index in [0.29, 0.717) is 0 Å². The zero-order valence-electron chi connectivity index (χ0n) is 11.8. The van der Waals surface area contributed by atoms with Gasteiger partial charge in [0.15, 0.2) is 0 Å². The number of carbonyl (C=O) groups is 1. The number of benzene rings is 1. The van der Waals surface area contributed by atoms with Crippen molar-refractivity contribution in [3.63, 3.8) is 0 Å². The maximum Gasteiger partial charge on any atom is 0.257 e. The number of halogens is 2. The average molecular weight is 341 g/mol. The third-order valence-electron chi connectivity index (χ3n) is 2.77. The molecule has 0 aliphatic heterocycles. The predicted octanol–water partition coefficient (Wildman–Crippen LogP) is 1.53. The zero-order chi connectivity index (χ0) is 16.9. The summed E-state index contributed by atoms with van der Waals surface area (Å²) in [4.78, 5) is 15.5. The first-order valence-electron chi connectivity index (χ1n) is 6.53. The number of nitrogens with zero attached hydrogens (tertiary/aromatic N) is 1. The van der Waals surface area contributed by atoms with Crippen LogP contribution in [0.15, 0.2) is 42.6 Å². The van der Waals surface area contributed by atoms with E-state index < -0.39 is 38.9 Å². The number of amides is 1. The molecule has 1 aromatic carbocycles. The van der Waals surface area contributed by atoms with Crippen molar-refractivity contribution in [2.45, 2.75) is 0 Å². The fourth-order valence-corrected chi connectivity index (χ4v) is 2.65. The van der Waals surface area contributed by atoms with Crippen LogP contribution in [-0.4, -0.2) is 31.6 Å². The normalized spacial score (nSPS) is 11.0. The Balaban J connectivity index is 1.93. The lowest BCUT2D eigenvalue weighted by atomic mass is 10.2. The Kier molecular flexibility index (Phi) is 5.22. The van der Waals surface area contributed by atoms with Gasteiger partial charge in [-0.25, -0.2) is 22.2 Å². The molecule has 2 rings (SSSR count). The number of hydrogen-bond donors (Lipinski definition) is 2. The Morgan fingerprint density at radius 1 is 1.09 bits per heavy atom. The maximum absolute atomic E-state index is 13.4. The topological polar surface area (TPSA) is 88.2 Å². The molecule has 0 aliphatic carbocycles. The number of pyridine rings is 1. The van der Waals surface area contributed by atoms with Crippen molar-refractivity contribution in [1.29, 1.82) is 0 Å². The van der Waals surface area contributed by atoms with E-state index in [2.05, 4.69) is 15.0 Å². The number of anilines is 1. The summed E-state index contributed by atoms with van der Waals surface area (Å²) in [5, 5.41) is 2.16. The highest BCUT2D eigenvalue weighted by atomic mass is 32.2. The molecule has 0 spiro atoms. The van der Waals surface area contributed by atoms with Gasteiger partial charge in [0.25, 0.3) is 5.91 Å². The molecular weight excluding hydrogens is 328 g/mol. The quantitative estimate of drug-likeness (QED) is 0.834. The Hall–Kier alpha value is -2.55. The molecule has 0 fully saturated rings. The Bertz CT molecular complexity index is 778. The maximum atomic E-state index is 13.4. The fraction of sp³-hybridized carbons (Fsp3) is 0.143. The highest BCUT2D eigenvalue weighted by molar-refractivity contribution is 7.92. The van der Waals surface area contributed by atoms with Gasteiger partial charge in [-0.2, -0.15) is 0 Å². The molecule has 6 nitrogen and oxygen atoms in total. The molecular formula is C14H13F2N3O3S. The summed E-state index contributed by atoms with van der Waals surface area (Å²) < 4.78 is 52.6. The van der Waals surface area contributed by atoms with Crippen LogP contribution in [0, 0.1) is 11.6 Å². The molecule has 1 heterocycles. The molecule has 23 heavy (non-hydrogen) atoms. The van der Waals surface area contributed by atoms with Crippen LogP contribution < -0.4 is 10.0 Å². The standard InChI is InChI=1S/C14H13F2N3O3S/c15-10-4-3-5-11(16)13(10)14(20)18-8-9-23(21,22)19-12-6-1-2-7-17-12/h1-7H,8-9H2,(H,17,19)(H,18,20).